The van der Waals surface area contributed by atoms with Gasteiger partial charge >= 0.3 is 5.97 Å². The van der Waals surface area contributed by atoms with Crippen LogP contribution in [0.2, 0.25) is 0 Å². The molecule has 0 aliphatic carbocycles. The van der Waals surface area contributed by atoms with Crippen LogP contribution in [0.1, 0.15) is 35.5 Å². The van der Waals surface area contributed by atoms with Crippen LogP contribution in [0.25, 0.3) is 10.9 Å². The van der Waals surface area contributed by atoms with Crippen LogP contribution >= 0.6 is 0 Å². The van der Waals surface area contributed by atoms with E-state index < -0.39 is 0 Å². The number of esters is 1. The summed E-state index contributed by atoms with van der Waals surface area (Å²) < 4.78 is 17.9. The zero-order valence-electron chi connectivity index (χ0n) is 20.0. The highest BCUT2D eigenvalue weighted by atomic mass is 16.5. The normalized spacial score (nSPS) is 11.1. The van der Waals surface area contributed by atoms with Gasteiger partial charge in [-0.05, 0) is 56.4 Å². The highest BCUT2D eigenvalue weighted by Gasteiger charge is 2.23. The molecule has 0 atom stereocenters. The van der Waals surface area contributed by atoms with Crippen molar-refractivity contribution in [2.75, 3.05) is 40.5 Å². The molecule has 0 amide bonds. The summed E-state index contributed by atoms with van der Waals surface area (Å²) in [5.41, 5.74) is 2.58. The second-order valence-corrected chi connectivity index (χ2v) is 7.73. The molecule has 0 fully saturated rings. The van der Waals surface area contributed by atoms with Crippen molar-refractivity contribution < 1.29 is 23.8 Å². The van der Waals surface area contributed by atoms with Crippen LogP contribution in [0.4, 0.5) is 0 Å². The molecule has 0 radical (unpaired) electrons. The minimum absolute atomic E-state index is 0.0175. The van der Waals surface area contributed by atoms with Gasteiger partial charge in [0.2, 0.25) is 0 Å². The van der Waals surface area contributed by atoms with Crippen LogP contribution in [-0.4, -0.2) is 61.7 Å². The van der Waals surface area contributed by atoms with Gasteiger partial charge in [-0.1, -0.05) is 13.8 Å². The Balaban J connectivity index is 1.93. The Labute approximate surface area is 194 Å². The van der Waals surface area contributed by atoms with Crippen LogP contribution < -0.4 is 9.47 Å². The lowest BCUT2D eigenvalue weighted by Crippen LogP contribution is -2.28. The summed E-state index contributed by atoms with van der Waals surface area (Å²) in [6.45, 7) is 8.87. The number of likely N-dealkylation sites (N-methyl/N-ethyl adjacent to an activating group) is 1. The summed E-state index contributed by atoms with van der Waals surface area (Å²) in [6.07, 6.45) is 0. The van der Waals surface area contributed by atoms with Crippen LogP contribution in [0.15, 0.2) is 42.5 Å². The highest BCUT2D eigenvalue weighted by Crippen LogP contribution is 2.31. The maximum absolute atomic E-state index is 13.4. The summed E-state index contributed by atoms with van der Waals surface area (Å²) in [5, 5.41) is 0.769. The second kappa shape index (κ2) is 11.0. The molecule has 33 heavy (non-hydrogen) atoms. The number of benzene rings is 2. The predicted molar refractivity (Wildman–Crippen MR) is 128 cm³/mol. The van der Waals surface area contributed by atoms with Gasteiger partial charge in [0, 0.05) is 29.3 Å². The van der Waals surface area contributed by atoms with Crippen molar-refractivity contribution in [3.05, 3.63) is 59.3 Å². The van der Waals surface area contributed by atoms with Crippen molar-refractivity contribution in [2.45, 2.75) is 27.3 Å². The third-order valence-corrected chi connectivity index (χ3v) is 5.96. The van der Waals surface area contributed by atoms with E-state index in [9.17, 15) is 9.59 Å². The Morgan fingerprint density at radius 2 is 1.58 bits per heavy atom. The molecule has 0 saturated carbocycles. The number of carbonyl (C=O) groups is 2. The van der Waals surface area contributed by atoms with Crippen LogP contribution in [0.3, 0.4) is 0 Å². The number of rotatable bonds is 11. The molecule has 0 aliphatic heterocycles. The summed E-state index contributed by atoms with van der Waals surface area (Å²) in [6, 6.07) is 12.5. The number of hydrogen-bond acceptors (Lipinski definition) is 6. The Morgan fingerprint density at radius 3 is 2.18 bits per heavy atom. The summed E-state index contributed by atoms with van der Waals surface area (Å²) in [4.78, 5) is 28.3. The SMILES string of the molecule is CCN(CC)CCOC(=O)Cn1c(C)c(C(=O)c2ccc(OC)cc2)c2ccc(OC)cc21. The van der Waals surface area contributed by atoms with Crippen molar-refractivity contribution >= 4 is 22.7 Å². The average molecular weight is 453 g/mol. The molecule has 1 aromatic heterocycles. The van der Waals surface area contributed by atoms with Gasteiger partial charge in [-0.25, -0.2) is 0 Å². The van der Waals surface area contributed by atoms with E-state index in [1.165, 1.54) is 0 Å². The van der Waals surface area contributed by atoms with Crippen LogP contribution in [0, 0.1) is 6.92 Å². The van der Waals surface area contributed by atoms with Gasteiger partial charge in [0.25, 0.3) is 0 Å². The lowest BCUT2D eigenvalue weighted by molar-refractivity contribution is -0.144. The zero-order chi connectivity index (χ0) is 24.0. The molecule has 7 heteroatoms. The van der Waals surface area contributed by atoms with Gasteiger partial charge in [0.05, 0.1) is 25.3 Å². The van der Waals surface area contributed by atoms with E-state index >= 15 is 0 Å². The zero-order valence-corrected chi connectivity index (χ0v) is 20.0. The van der Waals surface area contributed by atoms with Gasteiger partial charge in [-0.2, -0.15) is 0 Å². The van der Waals surface area contributed by atoms with Gasteiger partial charge in [0.1, 0.15) is 24.7 Å². The molecule has 2 aromatic carbocycles. The fourth-order valence-electron chi connectivity index (χ4n) is 3.96. The molecular weight excluding hydrogens is 420 g/mol. The quantitative estimate of drug-likeness (QED) is 0.323. The van der Waals surface area contributed by atoms with Crippen molar-refractivity contribution in [1.82, 2.24) is 9.47 Å². The van der Waals surface area contributed by atoms with Crippen molar-refractivity contribution in [3.8, 4) is 11.5 Å². The first-order valence-electron chi connectivity index (χ1n) is 11.2. The van der Waals surface area contributed by atoms with Crippen LogP contribution in [-0.2, 0) is 16.1 Å². The number of hydrogen-bond donors (Lipinski definition) is 0. The molecule has 3 rings (SSSR count). The number of fused-ring (bicyclic) bond motifs is 1. The molecule has 0 bridgehead atoms. The monoisotopic (exact) mass is 452 g/mol. The molecule has 0 unspecified atom stereocenters. The first-order valence-corrected chi connectivity index (χ1v) is 11.2. The van der Waals surface area contributed by atoms with Gasteiger partial charge < -0.3 is 23.7 Å². The fourth-order valence-corrected chi connectivity index (χ4v) is 3.96. The van der Waals surface area contributed by atoms with E-state index in [1.54, 1.807) is 38.5 Å². The molecule has 0 aliphatic rings. The maximum Gasteiger partial charge on any atom is 0.326 e. The predicted octanol–water partition coefficient (Wildman–Crippen LogP) is 4.08. The van der Waals surface area contributed by atoms with E-state index in [0.717, 1.165) is 24.0 Å². The molecule has 0 saturated heterocycles. The Hall–Kier alpha value is -3.32. The van der Waals surface area contributed by atoms with E-state index in [4.69, 9.17) is 14.2 Å². The number of ketones is 1. The van der Waals surface area contributed by atoms with E-state index in [0.29, 0.717) is 41.5 Å². The molecule has 3 aromatic rings. The van der Waals surface area contributed by atoms with Crippen molar-refractivity contribution in [3.63, 3.8) is 0 Å². The maximum atomic E-state index is 13.4. The number of aromatic nitrogens is 1. The third kappa shape index (κ3) is 5.37. The smallest absolute Gasteiger partial charge is 0.326 e. The molecule has 0 N–H and O–H groups in total. The Bertz CT molecular complexity index is 1110. The van der Waals surface area contributed by atoms with Gasteiger partial charge in [0.15, 0.2) is 5.78 Å². The van der Waals surface area contributed by atoms with Crippen molar-refractivity contribution in [1.29, 1.82) is 0 Å². The van der Waals surface area contributed by atoms with E-state index in [2.05, 4.69) is 18.7 Å². The fraction of sp³-hybridized carbons (Fsp3) is 0.385. The molecular formula is C26H32N2O5. The summed E-state index contributed by atoms with van der Waals surface area (Å²) in [5.74, 6) is 0.884. The molecule has 7 nitrogen and oxygen atoms in total. The van der Waals surface area contributed by atoms with E-state index in [1.807, 2.05) is 29.7 Å². The first kappa shape index (κ1) is 24.3. The second-order valence-electron chi connectivity index (χ2n) is 7.73. The number of nitrogens with zero attached hydrogens (tertiary/aromatic N) is 2. The van der Waals surface area contributed by atoms with Crippen LogP contribution in [0.5, 0.6) is 11.5 Å². The number of ether oxygens (including phenoxy) is 3. The molecule has 1 heterocycles. The highest BCUT2D eigenvalue weighted by molar-refractivity contribution is 6.17. The largest absolute Gasteiger partial charge is 0.497 e. The summed E-state index contributed by atoms with van der Waals surface area (Å²) in [7, 11) is 3.18. The Morgan fingerprint density at radius 1 is 0.939 bits per heavy atom. The van der Waals surface area contributed by atoms with E-state index in [-0.39, 0.29) is 18.3 Å². The lowest BCUT2D eigenvalue weighted by atomic mass is 10.0. The Kier molecular flexibility index (Phi) is 8.11. The minimum atomic E-state index is -0.339. The van der Waals surface area contributed by atoms with Gasteiger partial charge in [-0.15, -0.1) is 0 Å². The van der Waals surface area contributed by atoms with Crippen molar-refractivity contribution in [2.24, 2.45) is 0 Å². The third-order valence-electron chi connectivity index (χ3n) is 5.96. The average Bonchev–Trinajstić information content (AvgIpc) is 3.11. The first-order chi connectivity index (χ1) is 15.9. The lowest BCUT2D eigenvalue weighted by Gasteiger charge is -2.17. The summed E-state index contributed by atoms with van der Waals surface area (Å²) >= 11 is 0. The molecule has 176 valence electrons. The topological polar surface area (TPSA) is 70.0 Å². The number of methoxy groups -OCH3 is 2. The standard InChI is InChI=1S/C26H32N2O5/c1-6-27(7-2)14-15-33-24(29)17-28-18(3)25(22-13-12-21(32-5)16-23(22)28)26(30)19-8-10-20(31-4)11-9-19/h8-13,16H,6-7,14-15,17H2,1-5H3. The number of carbonyl (C=O) groups excluding carboxylic acids is 2. The minimum Gasteiger partial charge on any atom is -0.497 e. The molecule has 0 spiro atoms. The van der Waals surface area contributed by atoms with Gasteiger partial charge in [-0.3, -0.25) is 9.59 Å².